The molecule has 0 saturated carbocycles. The quantitative estimate of drug-likeness (QED) is 0.596. The molecule has 0 unspecified atom stereocenters. The average Bonchev–Trinajstić information content (AvgIpc) is 2.60. The van der Waals surface area contributed by atoms with E-state index in [9.17, 15) is 9.59 Å². The number of amides is 1. The third-order valence-electron chi connectivity index (χ3n) is 3.46. The van der Waals surface area contributed by atoms with E-state index >= 15 is 0 Å². The Morgan fingerprint density at radius 1 is 1.20 bits per heavy atom. The summed E-state index contributed by atoms with van der Waals surface area (Å²) in [5.41, 5.74) is 2.28. The van der Waals surface area contributed by atoms with Crippen molar-refractivity contribution in [1.29, 1.82) is 0 Å². The molecule has 0 saturated heterocycles. The Kier molecular flexibility index (Phi) is 7.01. The van der Waals surface area contributed by atoms with Crippen LogP contribution in [-0.4, -0.2) is 29.2 Å². The van der Waals surface area contributed by atoms with Crippen LogP contribution in [0, 0.1) is 0 Å². The Bertz CT molecular complexity index is 747. The van der Waals surface area contributed by atoms with Crippen LogP contribution in [0.4, 0.5) is 5.69 Å². The molecule has 6 heteroatoms. The smallest absolute Gasteiger partial charge is 0.340 e. The van der Waals surface area contributed by atoms with Gasteiger partial charge in [0.15, 0.2) is 0 Å². The molecular formula is C19H22N2O3S. The van der Waals surface area contributed by atoms with Gasteiger partial charge in [0.25, 0.3) is 0 Å². The SMILES string of the molecule is CCOC(=O)c1cccnc1SCC(=O)Nc1ccccc1C(C)C. The number of hydrogen-bond acceptors (Lipinski definition) is 5. The van der Waals surface area contributed by atoms with Gasteiger partial charge in [-0.15, -0.1) is 0 Å². The van der Waals surface area contributed by atoms with E-state index in [1.54, 1.807) is 25.3 Å². The molecule has 0 radical (unpaired) electrons. The fourth-order valence-corrected chi connectivity index (χ4v) is 3.09. The minimum atomic E-state index is -0.427. The van der Waals surface area contributed by atoms with E-state index in [1.165, 1.54) is 11.8 Å². The van der Waals surface area contributed by atoms with E-state index in [2.05, 4.69) is 24.1 Å². The molecule has 5 nitrogen and oxygen atoms in total. The van der Waals surface area contributed by atoms with Gasteiger partial charge in [-0.3, -0.25) is 4.79 Å². The summed E-state index contributed by atoms with van der Waals surface area (Å²) in [4.78, 5) is 28.4. The topological polar surface area (TPSA) is 68.3 Å². The molecule has 0 aliphatic rings. The van der Waals surface area contributed by atoms with Crippen LogP contribution in [0.5, 0.6) is 0 Å². The second-order valence-corrected chi connectivity index (χ2v) is 6.62. The highest BCUT2D eigenvalue weighted by Gasteiger charge is 2.15. The second-order valence-electron chi connectivity index (χ2n) is 5.66. The number of benzene rings is 1. The molecule has 1 N–H and O–H groups in total. The Morgan fingerprint density at radius 3 is 2.68 bits per heavy atom. The maximum atomic E-state index is 12.3. The van der Waals surface area contributed by atoms with Crippen molar-refractivity contribution in [2.24, 2.45) is 0 Å². The molecule has 0 bridgehead atoms. The number of nitrogens with one attached hydrogen (secondary N) is 1. The molecule has 1 aromatic heterocycles. The fraction of sp³-hybridized carbons (Fsp3) is 0.316. The summed E-state index contributed by atoms with van der Waals surface area (Å²) < 4.78 is 5.02. The summed E-state index contributed by atoms with van der Waals surface area (Å²) in [6.45, 7) is 6.21. The van der Waals surface area contributed by atoms with E-state index in [4.69, 9.17) is 4.74 Å². The first-order valence-corrected chi connectivity index (χ1v) is 9.15. The van der Waals surface area contributed by atoms with Gasteiger partial charge in [0.05, 0.1) is 17.9 Å². The Balaban J connectivity index is 2.03. The molecule has 25 heavy (non-hydrogen) atoms. The lowest BCUT2D eigenvalue weighted by Gasteiger charge is -2.13. The van der Waals surface area contributed by atoms with Crippen LogP contribution in [-0.2, 0) is 9.53 Å². The van der Waals surface area contributed by atoms with Crippen molar-refractivity contribution < 1.29 is 14.3 Å². The van der Waals surface area contributed by atoms with Crippen LogP contribution in [0.1, 0.15) is 42.6 Å². The van der Waals surface area contributed by atoms with Crippen LogP contribution in [0.15, 0.2) is 47.6 Å². The van der Waals surface area contributed by atoms with Crippen molar-refractivity contribution in [1.82, 2.24) is 4.98 Å². The number of thioether (sulfide) groups is 1. The zero-order valence-corrected chi connectivity index (χ0v) is 15.4. The Labute approximate surface area is 152 Å². The maximum absolute atomic E-state index is 12.3. The predicted octanol–water partition coefficient (Wildman–Crippen LogP) is 4.11. The summed E-state index contributed by atoms with van der Waals surface area (Å²) in [5, 5.41) is 3.43. The largest absolute Gasteiger partial charge is 0.462 e. The number of carbonyl (C=O) groups is 2. The lowest BCUT2D eigenvalue weighted by Crippen LogP contribution is -2.16. The maximum Gasteiger partial charge on any atom is 0.340 e. The van der Waals surface area contributed by atoms with Crippen LogP contribution >= 0.6 is 11.8 Å². The fourth-order valence-electron chi connectivity index (χ4n) is 2.30. The van der Waals surface area contributed by atoms with Crippen LogP contribution in [0.25, 0.3) is 0 Å². The standard InChI is InChI=1S/C19H22N2O3S/c1-4-24-19(23)15-9-7-11-20-18(15)25-12-17(22)21-16-10-6-5-8-14(16)13(2)3/h5-11,13H,4,12H2,1-3H3,(H,21,22). The van der Waals surface area contributed by atoms with Crippen molar-refractivity contribution in [3.05, 3.63) is 53.7 Å². The number of para-hydroxylation sites is 1. The highest BCUT2D eigenvalue weighted by Crippen LogP contribution is 2.25. The van der Waals surface area contributed by atoms with E-state index in [0.29, 0.717) is 23.1 Å². The van der Waals surface area contributed by atoms with E-state index in [1.807, 2.05) is 24.3 Å². The number of esters is 1. The lowest BCUT2D eigenvalue weighted by atomic mass is 10.0. The van der Waals surface area contributed by atoms with Crippen LogP contribution in [0.3, 0.4) is 0 Å². The molecule has 1 heterocycles. The zero-order valence-electron chi connectivity index (χ0n) is 14.6. The predicted molar refractivity (Wildman–Crippen MR) is 100 cm³/mol. The minimum absolute atomic E-state index is 0.140. The first kappa shape index (κ1) is 19.0. The number of carbonyl (C=O) groups excluding carboxylic acids is 2. The number of nitrogens with zero attached hydrogens (tertiary/aromatic N) is 1. The second kappa shape index (κ2) is 9.22. The van der Waals surface area contributed by atoms with Gasteiger partial charge in [-0.25, -0.2) is 9.78 Å². The van der Waals surface area contributed by atoms with E-state index < -0.39 is 5.97 Å². The lowest BCUT2D eigenvalue weighted by molar-refractivity contribution is -0.113. The molecule has 132 valence electrons. The summed E-state index contributed by atoms with van der Waals surface area (Å²) in [5.74, 6) is -0.0897. The van der Waals surface area contributed by atoms with E-state index in [0.717, 1.165) is 11.3 Å². The van der Waals surface area contributed by atoms with Gasteiger partial charge in [0.2, 0.25) is 5.91 Å². The molecule has 0 aliphatic carbocycles. The van der Waals surface area contributed by atoms with Gasteiger partial charge in [0, 0.05) is 11.9 Å². The molecule has 1 aromatic carbocycles. The van der Waals surface area contributed by atoms with Crippen LogP contribution in [0.2, 0.25) is 0 Å². The van der Waals surface area contributed by atoms with Crippen molar-refractivity contribution >= 4 is 29.3 Å². The monoisotopic (exact) mass is 358 g/mol. The van der Waals surface area contributed by atoms with E-state index in [-0.39, 0.29) is 11.7 Å². The molecule has 1 amide bonds. The molecule has 2 rings (SSSR count). The number of rotatable bonds is 7. The third-order valence-corrected chi connectivity index (χ3v) is 4.47. The van der Waals surface area contributed by atoms with Gasteiger partial charge in [0.1, 0.15) is 5.03 Å². The zero-order chi connectivity index (χ0) is 18.2. The van der Waals surface area contributed by atoms with Gasteiger partial charge in [-0.05, 0) is 36.6 Å². The Hall–Kier alpha value is -2.34. The third kappa shape index (κ3) is 5.32. The van der Waals surface area contributed by atoms with Crippen molar-refractivity contribution in [2.75, 3.05) is 17.7 Å². The average molecular weight is 358 g/mol. The van der Waals surface area contributed by atoms with Gasteiger partial charge < -0.3 is 10.1 Å². The number of ether oxygens (including phenoxy) is 1. The summed E-state index contributed by atoms with van der Waals surface area (Å²) in [7, 11) is 0. The number of aromatic nitrogens is 1. The first-order chi connectivity index (χ1) is 12.0. The van der Waals surface area contributed by atoms with Crippen molar-refractivity contribution in [3.63, 3.8) is 0 Å². The molecule has 0 fully saturated rings. The molecule has 0 atom stereocenters. The molecular weight excluding hydrogens is 336 g/mol. The first-order valence-electron chi connectivity index (χ1n) is 8.16. The summed E-state index contributed by atoms with van der Waals surface area (Å²) in [6, 6.07) is 11.1. The number of pyridine rings is 1. The highest BCUT2D eigenvalue weighted by atomic mass is 32.2. The van der Waals surface area contributed by atoms with Crippen molar-refractivity contribution in [2.45, 2.75) is 31.7 Å². The van der Waals surface area contributed by atoms with Crippen molar-refractivity contribution in [3.8, 4) is 0 Å². The minimum Gasteiger partial charge on any atom is -0.462 e. The van der Waals surface area contributed by atoms with Gasteiger partial charge >= 0.3 is 5.97 Å². The normalized spacial score (nSPS) is 10.6. The molecule has 0 spiro atoms. The molecule has 2 aromatic rings. The number of hydrogen-bond donors (Lipinski definition) is 1. The van der Waals surface area contributed by atoms with Gasteiger partial charge in [-0.1, -0.05) is 43.8 Å². The van der Waals surface area contributed by atoms with Crippen LogP contribution < -0.4 is 5.32 Å². The summed E-state index contributed by atoms with van der Waals surface area (Å²) >= 11 is 1.22. The Morgan fingerprint density at radius 2 is 1.96 bits per heavy atom. The summed E-state index contributed by atoms with van der Waals surface area (Å²) in [6.07, 6.45) is 1.59. The van der Waals surface area contributed by atoms with Gasteiger partial charge in [-0.2, -0.15) is 0 Å². The highest BCUT2D eigenvalue weighted by molar-refractivity contribution is 8.00. The molecule has 0 aliphatic heterocycles. The number of anilines is 1.